The minimum Gasteiger partial charge on any atom is -0.349 e. The van der Waals surface area contributed by atoms with E-state index in [-0.39, 0.29) is 17.6 Å². The molecule has 1 saturated carbocycles. The van der Waals surface area contributed by atoms with E-state index in [4.69, 9.17) is 0 Å². The van der Waals surface area contributed by atoms with Gasteiger partial charge in [-0.15, -0.1) is 0 Å². The molecule has 1 aliphatic carbocycles. The monoisotopic (exact) mass is 324 g/mol. The van der Waals surface area contributed by atoms with Crippen LogP contribution in [0.5, 0.6) is 0 Å². The van der Waals surface area contributed by atoms with Gasteiger partial charge >= 0.3 is 0 Å². The second kappa shape index (κ2) is 7.08. The van der Waals surface area contributed by atoms with Gasteiger partial charge in [0.25, 0.3) is 5.91 Å². The zero-order valence-corrected chi connectivity index (χ0v) is 13.0. The molecule has 0 unspecified atom stereocenters. The molecule has 0 saturated heterocycles. The number of carbonyl (C=O) groups excluding carboxylic acids is 2. The number of rotatable bonds is 5. The summed E-state index contributed by atoms with van der Waals surface area (Å²) in [5.74, 6) is -0.728. The maximum atomic E-state index is 12.8. The molecule has 0 atom stereocenters. The summed E-state index contributed by atoms with van der Waals surface area (Å²) in [6.07, 6.45) is 5.15. The molecule has 122 valence electrons. The highest BCUT2D eigenvalue weighted by Gasteiger charge is 2.23. The lowest BCUT2D eigenvalue weighted by Crippen LogP contribution is -2.25. The first kappa shape index (κ1) is 15.9. The van der Waals surface area contributed by atoms with E-state index in [9.17, 15) is 14.0 Å². The minimum absolute atomic E-state index is 0.0675. The van der Waals surface area contributed by atoms with Gasteiger partial charge in [-0.1, -0.05) is 12.1 Å². The van der Waals surface area contributed by atoms with Crippen LogP contribution < -0.4 is 10.6 Å². The Bertz CT molecular complexity index is 763. The molecule has 0 radical (unpaired) electrons. The van der Waals surface area contributed by atoms with Gasteiger partial charge in [-0.3, -0.25) is 9.59 Å². The molecular formula is C19H17FN2O2. The predicted molar refractivity (Wildman–Crippen MR) is 91.0 cm³/mol. The van der Waals surface area contributed by atoms with Gasteiger partial charge in [-0.05, 0) is 60.9 Å². The first-order valence-electron chi connectivity index (χ1n) is 7.76. The lowest BCUT2D eigenvalue weighted by molar-refractivity contribution is -0.111. The van der Waals surface area contributed by atoms with Gasteiger partial charge in [0.05, 0.1) is 0 Å². The number of benzene rings is 2. The van der Waals surface area contributed by atoms with E-state index >= 15 is 0 Å². The van der Waals surface area contributed by atoms with Crippen molar-refractivity contribution in [3.8, 4) is 0 Å². The van der Waals surface area contributed by atoms with Crippen LogP contribution in [0.2, 0.25) is 0 Å². The minimum atomic E-state index is -0.352. The van der Waals surface area contributed by atoms with Crippen LogP contribution >= 0.6 is 0 Å². The summed E-state index contributed by atoms with van der Waals surface area (Å²) in [5.41, 5.74) is 1.94. The second-order valence-corrected chi connectivity index (χ2v) is 5.70. The van der Waals surface area contributed by atoms with Gasteiger partial charge in [0.2, 0.25) is 5.91 Å². The SMILES string of the molecule is O=C(C=Cc1ccc(C(=O)NC2CC2)cc1)Nc1ccc(F)cc1. The lowest BCUT2D eigenvalue weighted by atomic mass is 10.1. The fourth-order valence-corrected chi connectivity index (χ4v) is 2.13. The Morgan fingerprint density at radius 3 is 2.29 bits per heavy atom. The molecule has 4 nitrogen and oxygen atoms in total. The molecule has 24 heavy (non-hydrogen) atoms. The van der Waals surface area contributed by atoms with Crippen molar-refractivity contribution in [1.82, 2.24) is 5.32 Å². The third-order valence-electron chi connectivity index (χ3n) is 3.62. The van der Waals surface area contributed by atoms with Crippen molar-refractivity contribution in [3.63, 3.8) is 0 Å². The molecule has 0 aliphatic heterocycles. The Kier molecular flexibility index (Phi) is 4.70. The Labute approximate surface area is 139 Å². The summed E-state index contributed by atoms with van der Waals surface area (Å²) in [7, 11) is 0. The predicted octanol–water partition coefficient (Wildman–Crippen LogP) is 3.37. The van der Waals surface area contributed by atoms with Gasteiger partial charge in [0, 0.05) is 23.4 Å². The fourth-order valence-electron chi connectivity index (χ4n) is 2.13. The largest absolute Gasteiger partial charge is 0.349 e. The normalized spacial score (nSPS) is 13.7. The smallest absolute Gasteiger partial charge is 0.251 e. The molecule has 0 spiro atoms. The topological polar surface area (TPSA) is 58.2 Å². The maximum absolute atomic E-state index is 12.8. The van der Waals surface area contributed by atoms with Gasteiger partial charge in [0.15, 0.2) is 0 Å². The van der Waals surface area contributed by atoms with Gasteiger partial charge in [0.1, 0.15) is 5.82 Å². The van der Waals surface area contributed by atoms with E-state index in [1.807, 2.05) is 0 Å². The van der Waals surface area contributed by atoms with Crippen molar-refractivity contribution in [2.24, 2.45) is 0 Å². The first-order valence-corrected chi connectivity index (χ1v) is 7.76. The Balaban J connectivity index is 1.56. The van der Waals surface area contributed by atoms with Crippen molar-refractivity contribution in [3.05, 3.63) is 71.6 Å². The van der Waals surface area contributed by atoms with Crippen LogP contribution in [0.1, 0.15) is 28.8 Å². The molecule has 1 aliphatic rings. The molecule has 0 bridgehead atoms. The van der Waals surface area contributed by atoms with Crippen LogP contribution in [-0.2, 0) is 4.79 Å². The Morgan fingerprint density at radius 1 is 1.00 bits per heavy atom. The summed E-state index contributed by atoms with van der Waals surface area (Å²) in [5, 5.41) is 5.56. The van der Waals surface area contributed by atoms with E-state index in [1.54, 1.807) is 30.3 Å². The second-order valence-electron chi connectivity index (χ2n) is 5.70. The van der Waals surface area contributed by atoms with Crippen molar-refractivity contribution < 1.29 is 14.0 Å². The van der Waals surface area contributed by atoms with Crippen LogP contribution in [0.3, 0.4) is 0 Å². The number of carbonyl (C=O) groups is 2. The molecule has 2 amide bonds. The third kappa shape index (κ3) is 4.52. The first-order chi connectivity index (χ1) is 11.6. The fraction of sp³-hybridized carbons (Fsp3) is 0.158. The summed E-state index contributed by atoms with van der Waals surface area (Å²) in [4.78, 5) is 23.7. The molecule has 5 heteroatoms. The van der Waals surface area contributed by atoms with Crippen LogP contribution in [0.4, 0.5) is 10.1 Å². The average Bonchev–Trinajstić information content (AvgIpc) is 3.39. The molecule has 2 aromatic carbocycles. The number of hydrogen-bond acceptors (Lipinski definition) is 2. The highest BCUT2D eigenvalue weighted by atomic mass is 19.1. The van der Waals surface area contributed by atoms with E-state index in [2.05, 4.69) is 10.6 Å². The third-order valence-corrected chi connectivity index (χ3v) is 3.62. The summed E-state index contributed by atoms with van der Waals surface area (Å²) >= 11 is 0. The average molecular weight is 324 g/mol. The van der Waals surface area contributed by atoms with E-state index in [1.165, 1.54) is 30.3 Å². The summed E-state index contributed by atoms with van der Waals surface area (Å²) < 4.78 is 12.8. The van der Waals surface area contributed by atoms with Crippen LogP contribution in [0.15, 0.2) is 54.6 Å². The molecule has 3 rings (SSSR count). The summed E-state index contributed by atoms with van der Waals surface area (Å²) in [6, 6.07) is 12.9. The van der Waals surface area contributed by atoms with E-state index in [0.717, 1.165) is 18.4 Å². The van der Waals surface area contributed by atoms with Crippen molar-refractivity contribution in [2.75, 3.05) is 5.32 Å². The highest BCUT2D eigenvalue weighted by molar-refractivity contribution is 6.02. The Hall–Kier alpha value is -2.95. The van der Waals surface area contributed by atoms with Gasteiger partial charge < -0.3 is 10.6 Å². The number of hydrogen-bond donors (Lipinski definition) is 2. The van der Waals surface area contributed by atoms with E-state index in [0.29, 0.717) is 17.3 Å². The lowest BCUT2D eigenvalue weighted by Gasteiger charge is -2.03. The number of nitrogens with one attached hydrogen (secondary N) is 2. The van der Waals surface area contributed by atoms with E-state index < -0.39 is 0 Å². The van der Waals surface area contributed by atoms with Gasteiger partial charge in [-0.25, -0.2) is 4.39 Å². The van der Waals surface area contributed by atoms with Crippen molar-refractivity contribution >= 4 is 23.6 Å². The summed E-state index contributed by atoms with van der Waals surface area (Å²) in [6.45, 7) is 0. The highest BCUT2D eigenvalue weighted by Crippen LogP contribution is 2.19. The zero-order chi connectivity index (χ0) is 16.9. The zero-order valence-electron chi connectivity index (χ0n) is 13.0. The number of halogens is 1. The van der Waals surface area contributed by atoms with Gasteiger partial charge in [-0.2, -0.15) is 0 Å². The molecule has 2 N–H and O–H groups in total. The number of amides is 2. The maximum Gasteiger partial charge on any atom is 0.251 e. The molecule has 0 aromatic heterocycles. The van der Waals surface area contributed by atoms with Crippen LogP contribution in [-0.4, -0.2) is 17.9 Å². The standard InChI is InChI=1S/C19H17FN2O2/c20-15-6-8-16(9-7-15)21-18(23)12-3-13-1-4-14(5-2-13)19(24)22-17-10-11-17/h1-9,12,17H,10-11H2,(H,21,23)(H,22,24). The number of anilines is 1. The van der Waals surface area contributed by atoms with Crippen molar-refractivity contribution in [1.29, 1.82) is 0 Å². The molecular weight excluding hydrogens is 307 g/mol. The molecule has 2 aromatic rings. The quantitative estimate of drug-likeness (QED) is 0.829. The van der Waals surface area contributed by atoms with Crippen LogP contribution in [0, 0.1) is 5.82 Å². The van der Waals surface area contributed by atoms with Crippen molar-refractivity contribution in [2.45, 2.75) is 18.9 Å². The molecule has 1 fully saturated rings. The Morgan fingerprint density at radius 2 is 1.67 bits per heavy atom. The van der Waals surface area contributed by atoms with Crippen LogP contribution in [0.25, 0.3) is 6.08 Å². The molecule has 0 heterocycles.